The fourth-order valence-electron chi connectivity index (χ4n) is 3.44. The molecule has 7 nitrogen and oxygen atoms in total. The molecular formula is C25H27N5O2. The van der Waals surface area contributed by atoms with Crippen LogP contribution in [0, 0.1) is 13.8 Å². The molecule has 7 heteroatoms. The molecule has 0 fully saturated rings. The first-order chi connectivity index (χ1) is 15.4. The monoisotopic (exact) mass is 429 g/mol. The van der Waals surface area contributed by atoms with E-state index in [1.54, 1.807) is 11.9 Å². The summed E-state index contributed by atoms with van der Waals surface area (Å²) >= 11 is 0. The van der Waals surface area contributed by atoms with Gasteiger partial charge in [-0.3, -0.25) is 9.48 Å². The molecule has 0 saturated heterocycles. The van der Waals surface area contributed by atoms with E-state index < -0.39 is 0 Å². The Hall–Kier alpha value is -3.74. The third-order valence-electron chi connectivity index (χ3n) is 5.33. The van der Waals surface area contributed by atoms with Crippen LogP contribution in [0.4, 0.5) is 0 Å². The summed E-state index contributed by atoms with van der Waals surface area (Å²) in [6.45, 7) is 6.88. The second kappa shape index (κ2) is 9.18. The molecule has 2 heterocycles. The van der Waals surface area contributed by atoms with Crippen molar-refractivity contribution in [1.82, 2.24) is 24.8 Å². The Kier molecular flexibility index (Phi) is 6.16. The topological polar surface area (TPSA) is 77.0 Å². The maximum atomic E-state index is 13.4. The number of nitrogens with zero attached hydrogens (tertiary/aromatic N) is 5. The van der Waals surface area contributed by atoms with E-state index >= 15 is 0 Å². The molecule has 0 unspecified atom stereocenters. The highest BCUT2D eigenvalue weighted by Gasteiger charge is 2.22. The standard InChI is InChI=1S/C25H27N5O2/c1-5-22-26-23(32-28-22)16-29(4)25(31)21-15-30(14-19-10-6-17(2)7-11-19)27-24(21)20-12-8-18(3)9-13-20/h6-13,15H,5,14,16H2,1-4H3. The van der Waals surface area contributed by atoms with Crippen LogP contribution in [0.25, 0.3) is 11.3 Å². The first kappa shape index (κ1) is 21.5. The van der Waals surface area contributed by atoms with Crippen molar-refractivity contribution in [2.24, 2.45) is 0 Å². The van der Waals surface area contributed by atoms with E-state index in [9.17, 15) is 4.79 Å². The summed E-state index contributed by atoms with van der Waals surface area (Å²) in [5, 5.41) is 8.68. The van der Waals surface area contributed by atoms with Crippen LogP contribution in [0.1, 0.15) is 45.7 Å². The zero-order valence-electron chi connectivity index (χ0n) is 18.9. The molecule has 164 valence electrons. The molecule has 32 heavy (non-hydrogen) atoms. The zero-order valence-corrected chi connectivity index (χ0v) is 18.9. The van der Waals surface area contributed by atoms with E-state index in [0.717, 1.165) is 16.7 Å². The van der Waals surface area contributed by atoms with Crippen molar-refractivity contribution in [2.75, 3.05) is 7.05 Å². The molecule has 1 amide bonds. The zero-order chi connectivity index (χ0) is 22.7. The molecule has 0 atom stereocenters. The second-order valence-corrected chi connectivity index (χ2v) is 8.06. The highest BCUT2D eigenvalue weighted by atomic mass is 16.5. The number of benzene rings is 2. The Morgan fingerprint density at radius 1 is 1.03 bits per heavy atom. The Morgan fingerprint density at radius 3 is 2.31 bits per heavy atom. The van der Waals surface area contributed by atoms with Gasteiger partial charge in [-0.2, -0.15) is 10.1 Å². The number of amides is 1. The van der Waals surface area contributed by atoms with Gasteiger partial charge in [0, 0.05) is 25.2 Å². The first-order valence-electron chi connectivity index (χ1n) is 10.7. The molecule has 4 rings (SSSR count). The van der Waals surface area contributed by atoms with Gasteiger partial charge in [0.1, 0.15) is 5.69 Å². The maximum absolute atomic E-state index is 13.4. The summed E-state index contributed by atoms with van der Waals surface area (Å²) in [6, 6.07) is 16.4. The van der Waals surface area contributed by atoms with Gasteiger partial charge >= 0.3 is 0 Å². The van der Waals surface area contributed by atoms with Crippen molar-refractivity contribution in [3.8, 4) is 11.3 Å². The predicted octanol–water partition coefficient (Wildman–Crippen LogP) is 4.43. The van der Waals surface area contributed by atoms with E-state index in [0.29, 0.717) is 35.9 Å². The molecule has 0 radical (unpaired) electrons. The van der Waals surface area contributed by atoms with Crippen molar-refractivity contribution in [3.63, 3.8) is 0 Å². The average Bonchev–Trinajstić information content (AvgIpc) is 3.42. The van der Waals surface area contributed by atoms with Crippen molar-refractivity contribution < 1.29 is 9.32 Å². The molecule has 0 saturated carbocycles. The van der Waals surface area contributed by atoms with Crippen LogP contribution in [0.3, 0.4) is 0 Å². The minimum Gasteiger partial charge on any atom is -0.337 e. The van der Waals surface area contributed by atoms with E-state index in [1.807, 2.05) is 49.0 Å². The number of carbonyl (C=O) groups excluding carboxylic acids is 1. The summed E-state index contributed by atoms with van der Waals surface area (Å²) < 4.78 is 7.08. The summed E-state index contributed by atoms with van der Waals surface area (Å²) in [5.74, 6) is 0.903. The Bertz CT molecular complexity index is 1210. The SMILES string of the molecule is CCc1noc(CN(C)C(=O)c2cn(Cc3ccc(C)cc3)nc2-c2ccc(C)cc2)n1. The van der Waals surface area contributed by atoms with Gasteiger partial charge in [-0.1, -0.05) is 71.7 Å². The largest absolute Gasteiger partial charge is 0.337 e. The molecule has 0 spiro atoms. The van der Waals surface area contributed by atoms with Crippen LogP contribution in [-0.4, -0.2) is 37.8 Å². The smallest absolute Gasteiger partial charge is 0.257 e. The molecule has 2 aromatic carbocycles. The molecule has 0 bridgehead atoms. The van der Waals surface area contributed by atoms with Gasteiger partial charge in [0.15, 0.2) is 5.82 Å². The van der Waals surface area contributed by atoms with Crippen LogP contribution in [0.15, 0.2) is 59.3 Å². The fourth-order valence-corrected chi connectivity index (χ4v) is 3.44. The van der Waals surface area contributed by atoms with Gasteiger partial charge in [0.05, 0.1) is 18.7 Å². The van der Waals surface area contributed by atoms with E-state index in [2.05, 4.69) is 41.3 Å². The van der Waals surface area contributed by atoms with Gasteiger partial charge in [-0.05, 0) is 19.4 Å². The van der Waals surface area contributed by atoms with Gasteiger partial charge in [0.2, 0.25) is 5.89 Å². The number of aromatic nitrogens is 4. The Morgan fingerprint density at radius 2 is 1.69 bits per heavy atom. The highest BCUT2D eigenvalue weighted by Crippen LogP contribution is 2.25. The Labute approximate surface area is 187 Å². The minimum atomic E-state index is -0.146. The lowest BCUT2D eigenvalue weighted by Crippen LogP contribution is -2.26. The normalized spacial score (nSPS) is 11.0. The van der Waals surface area contributed by atoms with Gasteiger partial charge in [-0.25, -0.2) is 0 Å². The molecule has 2 aromatic heterocycles. The number of rotatable bonds is 7. The predicted molar refractivity (Wildman–Crippen MR) is 122 cm³/mol. The van der Waals surface area contributed by atoms with Crippen molar-refractivity contribution in [3.05, 3.63) is 88.7 Å². The summed E-state index contributed by atoms with van der Waals surface area (Å²) in [6.07, 6.45) is 2.50. The molecule has 0 N–H and O–H groups in total. The highest BCUT2D eigenvalue weighted by molar-refractivity contribution is 5.99. The van der Waals surface area contributed by atoms with Gasteiger partial charge < -0.3 is 9.42 Å². The van der Waals surface area contributed by atoms with Crippen molar-refractivity contribution >= 4 is 5.91 Å². The lowest BCUT2D eigenvalue weighted by atomic mass is 10.1. The molecule has 0 aliphatic rings. The van der Waals surface area contributed by atoms with Crippen LogP contribution < -0.4 is 0 Å². The van der Waals surface area contributed by atoms with Crippen LogP contribution in [0.5, 0.6) is 0 Å². The maximum Gasteiger partial charge on any atom is 0.257 e. The molecule has 0 aliphatic heterocycles. The van der Waals surface area contributed by atoms with E-state index in [4.69, 9.17) is 9.62 Å². The third-order valence-corrected chi connectivity index (χ3v) is 5.33. The fraction of sp³-hybridized carbons (Fsp3) is 0.280. The van der Waals surface area contributed by atoms with Gasteiger partial charge in [-0.15, -0.1) is 0 Å². The van der Waals surface area contributed by atoms with Crippen molar-refractivity contribution in [2.45, 2.75) is 40.3 Å². The summed E-state index contributed by atoms with van der Waals surface area (Å²) in [5.41, 5.74) is 5.59. The lowest BCUT2D eigenvalue weighted by Gasteiger charge is -2.14. The average molecular weight is 430 g/mol. The molecule has 4 aromatic rings. The number of carbonyl (C=O) groups is 1. The number of hydrogen-bond acceptors (Lipinski definition) is 5. The molecule has 0 aliphatic carbocycles. The van der Waals surface area contributed by atoms with Crippen LogP contribution >= 0.6 is 0 Å². The van der Waals surface area contributed by atoms with E-state index in [1.165, 1.54) is 5.56 Å². The third kappa shape index (κ3) is 4.77. The molecular weight excluding hydrogens is 402 g/mol. The quantitative estimate of drug-likeness (QED) is 0.434. The lowest BCUT2D eigenvalue weighted by molar-refractivity contribution is 0.0770. The van der Waals surface area contributed by atoms with Crippen LogP contribution in [0.2, 0.25) is 0 Å². The first-order valence-corrected chi connectivity index (χ1v) is 10.7. The summed E-state index contributed by atoms with van der Waals surface area (Å²) in [7, 11) is 1.73. The minimum absolute atomic E-state index is 0.146. The summed E-state index contributed by atoms with van der Waals surface area (Å²) in [4.78, 5) is 19.3. The van der Waals surface area contributed by atoms with Gasteiger partial charge in [0.25, 0.3) is 5.91 Å². The van der Waals surface area contributed by atoms with Crippen molar-refractivity contribution in [1.29, 1.82) is 0 Å². The van der Waals surface area contributed by atoms with E-state index in [-0.39, 0.29) is 12.5 Å². The second-order valence-electron chi connectivity index (χ2n) is 8.06. The van der Waals surface area contributed by atoms with Crippen LogP contribution in [-0.2, 0) is 19.5 Å². The Balaban J connectivity index is 1.64. The number of aryl methyl sites for hydroxylation is 3. The number of hydrogen-bond donors (Lipinski definition) is 0.